The van der Waals surface area contributed by atoms with E-state index in [1.54, 1.807) is 19.0 Å². The molecule has 2 aromatic rings. The number of nitrogens with zero attached hydrogens (tertiary/aromatic N) is 2. The standard InChI is InChI=1S/C22H30N4O2/c1-4-23-22(25-15-19-9-5-6-10-20(19)16-27)24-13-12-17-8-7-11-18(14-17)21(28)26(2)3/h5-11,14,27H,4,12-13,15-16H2,1-3H3,(H2,23,24,25). The van der Waals surface area contributed by atoms with E-state index in [2.05, 4.69) is 15.6 Å². The number of rotatable bonds is 8. The van der Waals surface area contributed by atoms with Gasteiger partial charge in [0, 0.05) is 32.7 Å². The fraction of sp³-hybridized carbons (Fsp3) is 0.364. The van der Waals surface area contributed by atoms with Crippen LogP contribution < -0.4 is 10.6 Å². The van der Waals surface area contributed by atoms with Gasteiger partial charge < -0.3 is 20.6 Å². The van der Waals surface area contributed by atoms with Crippen LogP contribution in [0.3, 0.4) is 0 Å². The number of carbonyl (C=O) groups is 1. The molecule has 3 N–H and O–H groups in total. The molecule has 1 amide bonds. The maximum Gasteiger partial charge on any atom is 0.253 e. The van der Waals surface area contributed by atoms with Crippen molar-refractivity contribution in [3.63, 3.8) is 0 Å². The molecule has 0 saturated carbocycles. The average molecular weight is 383 g/mol. The number of nitrogens with one attached hydrogen (secondary N) is 2. The lowest BCUT2D eigenvalue weighted by molar-refractivity contribution is 0.0827. The SMILES string of the molecule is CCNC(=NCc1ccccc1CO)NCCc1cccc(C(=O)N(C)C)c1. The molecule has 0 unspecified atom stereocenters. The summed E-state index contributed by atoms with van der Waals surface area (Å²) < 4.78 is 0. The van der Waals surface area contributed by atoms with Crippen molar-refractivity contribution >= 4 is 11.9 Å². The van der Waals surface area contributed by atoms with Gasteiger partial charge in [-0.05, 0) is 42.2 Å². The number of aliphatic hydroxyl groups excluding tert-OH is 1. The summed E-state index contributed by atoms with van der Waals surface area (Å²) in [6.07, 6.45) is 0.784. The molecule has 6 heteroatoms. The molecule has 0 aliphatic rings. The Kier molecular flexibility index (Phi) is 8.49. The monoisotopic (exact) mass is 382 g/mol. The van der Waals surface area contributed by atoms with Crippen molar-refractivity contribution in [2.75, 3.05) is 27.2 Å². The first-order chi connectivity index (χ1) is 13.5. The molecule has 150 valence electrons. The molecule has 0 spiro atoms. The molecule has 2 aromatic carbocycles. The van der Waals surface area contributed by atoms with Crippen molar-refractivity contribution in [3.05, 3.63) is 70.8 Å². The van der Waals surface area contributed by atoms with Crippen molar-refractivity contribution in [2.45, 2.75) is 26.5 Å². The maximum atomic E-state index is 12.1. The number of hydrogen-bond acceptors (Lipinski definition) is 3. The van der Waals surface area contributed by atoms with E-state index < -0.39 is 0 Å². The van der Waals surface area contributed by atoms with Crippen LogP contribution in [0.15, 0.2) is 53.5 Å². The number of aliphatic imine (C=N–C) groups is 1. The highest BCUT2D eigenvalue weighted by Crippen LogP contribution is 2.10. The predicted molar refractivity (Wildman–Crippen MR) is 113 cm³/mol. The Bertz CT molecular complexity index is 803. The molecule has 2 rings (SSSR count). The molecule has 0 atom stereocenters. The largest absolute Gasteiger partial charge is 0.392 e. The summed E-state index contributed by atoms with van der Waals surface area (Å²) in [5.74, 6) is 0.739. The van der Waals surface area contributed by atoms with Crippen molar-refractivity contribution in [1.29, 1.82) is 0 Å². The zero-order valence-electron chi connectivity index (χ0n) is 16.9. The number of hydrogen-bond donors (Lipinski definition) is 3. The lowest BCUT2D eigenvalue weighted by Crippen LogP contribution is -2.38. The van der Waals surface area contributed by atoms with Crippen molar-refractivity contribution in [2.24, 2.45) is 4.99 Å². The fourth-order valence-corrected chi connectivity index (χ4v) is 2.82. The van der Waals surface area contributed by atoms with Crippen LogP contribution >= 0.6 is 0 Å². The molecule has 0 fully saturated rings. The van der Waals surface area contributed by atoms with Crippen LogP contribution in [0, 0.1) is 0 Å². The third kappa shape index (κ3) is 6.39. The quantitative estimate of drug-likeness (QED) is 0.483. The van der Waals surface area contributed by atoms with Crippen molar-refractivity contribution in [1.82, 2.24) is 15.5 Å². The molecular weight excluding hydrogens is 352 g/mol. The van der Waals surface area contributed by atoms with E-state index in [9.17, 15) is 9.90 Å². The van der Waals surface area contributed by atoms with Crippen molar-refractivity contribution in [3.8, 4) is 0 Å². The van der Waals surface area contributed by atoms with E-state index in [0.717, 1.165) is 35.6 Å². The second-order valence-corrected chi connectivity index (χ2v) is 6.70. The van der Waals surface area contributed by atoms with Crippen LogP contribution in [0.1, 0.15) is 34.0 Å². The molecule has 0 heterocycles. The first kappa shape index (κ1) is 21.4. The zero-order chi connectivity index (χ0) is 20.4. The number of amides is 1. The minimum Gasteiger partial charge on any atom is -0.392 e. The highest BCUT2D eigenvalue weighted by Gasteiger charge is 2.08. The van der Waals surface area contributed by atoms with E-state index in [-0.39, 0.29) is 12.5 Å². The van der Waals surface area contributed by atoms with Gasteiger partial charge in [0.2, 0.25) is 0 Å². The molecular formula is C22H30N4O2. The smallest absolute Gasteiger partial charge is 0.253 e. The van der Waals surface area contributed by atoms with Crippen LogP contribution in [-0.2, 0) is 19.6 Å². The van der Waals surface area contributed by atoms with E-state index in [4.69, 9.17) is 0 Å². The molecule has 0 radical (unpaired) electrons. The normalized spacial score (nSPS) is 11.2. The molecule has 0 bridgehead atoms. The van der Waals surface area contributed by atoms with Gasteiger partial charge in [0.25, 0.3) is 5.91 Å². The summed E-state index contributed by atoms with van der Waals surface area (Å²) in [7, 11) is 3.51. The minimum absolute atomic E-state index is 0.00672. The molecule has 6 nitrogen and oxygen atoms in total. The zero-order valence-corrected chi connectivity index (χ0v) is 16.9. The molecule has 0 saturated heterocycles. The predicted octanol–water partition coefficient (Wildman–Crippen LogP) is 2.18. The highest BCUT2D eigenvalue weighted by molar-refractivity contribution is 5.94. The lowest BCUT2D eigenvalue weighted by Gasteiger charge is -2.13. The summed E-state index contributed by atoms with van der Waals surface area (Å²) in [5, 5.41) is 16.0. The molecule has 0 aliphatic heterocycles. The average Bonchev–Trinajstić information content (AvgIpc) is 2.71. The Balaban J connectivity index is 1.96. The second-order valence-electron chi connectivity index (χ2n) is 6.70. The first-order valence-electron chi connectivity index (χ1n) is 9.55. The van der Waals surface area contributed by atoms with Crippen LogP contribution in [0.5, 0.6) is 0 Å². The lowest BCUT2D eigenvalue weighted by atomic mass is 10.1. The topological polar surface area (TPSA) is 77.0 Å². The van der Waals surface area contributed by atoms with Gasteiger partial charge in [-0.3, -0.25) is 4.79 Å². The van der Waals surface area contributed by atoms with Crippen LogP contribution in [-0.4, -0.2) is 49.1 Å². The maximum absolute atomic E-state index is 12.1. The van der Waals surface area contributed by atoms with Gasteiger partial charge in [-0.2, -0.15) is 0 Å². The number of aliphatic hydroxyl groups is 1. The van der Waals surface area contributed by atoms with Crippen molar-refractivity contribution < 1.29 is 9.90 Å². The fourth-order valence-electron chi connectivity index (χ4n) is 2.82. The number of benzene rings is 2. The Morgan fingerprint density at radius 1 is 1.07 bits per heavy atom. The molecule has 0 aliphatic carbocycles. The third-order valence-electron chi connectivity index (χ3n) is 4.33. The Hall–Kier alpha value is -2.86. The summed E-state index contributed by atoms with van der Waals surface area (Å²) >= 11 is 0. The van der Waals surface area contributed by atoms with Gasteiger partial charge in [-0.15, -0.1) is 0 Å². The minimum atomic E-state index is 0.00672. The van der Waals surface area contributed by atoms with E-state index >= 15 is 0 Å². The summed E-state index contributed by atoms with van der Waals surface area (Å²) in [6, 6.07) is 15.5. The summed E-state index contributed by atoms with van der Waals surface area (Å²) in [4.78, 5) is 18.3. The van der Waals surface area contributed by atoms with Gasteiger partial charge in [0.05, 0.1) is 13.2 Å². The van der Waals surface area contributed by atoms with Crippen LogP contribution in [0.2, 0.25) is 0 Å². The second kappa shape index (κ2) is 11.1. The summed E-state index contributed by atoms with van der Waals surface area (Å²) in [6.45, 7) is 4.00. The Morgan fingerprint density at radius 3 is 2.50 bits per heavy atom. The molecule has 28 heavy (non-hydrogen) atoms. The van der Waals surface area contributed by atoms with Gasteiger partial charge >= 0.3 is 0 Å². The van der Waals surface area contributed by atoms with E-state index in [0.29, 0.717) is 18.7 Å². The third-order valence-corrected chi connectivity index (χ3v) is 4.33. The first-order valence-corrected chi connectivity index (χ1v) is 9.55. The van der Waals surface area contributed by atoms with Gasteiger partial charge in [-0.25, -0.2) is 4.99 Å². The Labute approximate surface area is 167 Å². The Morgan fingerprint density at radius 2 is 1.82 bits per heavy atom. The van der Waals surface area contributed by atoms with Gasteiger partial charge in [-0.1, -0.05) is 36.4 Å². The summed E-state index contributed by atoms with van der Waals surface area (Å²) in [5.41, 5.74) is 3.70. The van der Waals surface area contributed by atoms with E-state index in [1.807, 2.05) is 55.5 Å². The molecule has 0 aromatic heterocycles. The van der Waals surface area contributed by atoms with Gasteiger partial charge in [0.15, 0.2) is 5.96 Å². The number of guanidine groups is 1. The van der Waals surface area contributed by atoms with Crippen LogP contribution in [0.4, 0.5) is 0 Å². The van der Waals surface area contributed by atoms with E-state index in [1.165, 1.54) is 0 Å². The number of carbonyl (C=O) groups excluding carboxylic acids is 1. The van der Waals surface area contributed by atoms with Crippen LogP contribution in [0.25, 0.3) is 0 Å². The highest BCUT2D eigenvalue weighted by atomic mass is 16.3. The van der Waals surface area contributed by atoms with Gasteiger partial charge in [0.1, 0.15) is 0 Å².